The number of hydrogen-bond acceptors (Lipinski definition) is 7. The molecule has 0 spiro atoms. The number of nitro groups is 1. The number of nitro benzene ring substituents is 1. The molecule has 29 heavy (non-hydrogen) atoms. The average Bonchev–Trinajstić information content (AvgIpc) is 3.26. The summed E-state index contributed by atoms with van der Waals surface area (Å²) in [4.78, 5) is 22.1. The highest BCUT2D eigenvalue weighted by molar-refractivity contribution is 5.61. The SMILES string of the molecule is Cc1cc(N2CCC(OCC3CCOC3)CC2)nc(-c2cccc([N+](=O)[O-])c2)n1. The lowest BCUT2D eigenvalue weighted by molar-refractivity contribution is -0.384. The van der Waals surface area contributed by atoms with Crippen LogP contribution in [0.3, 0.4) is 0 Å². The zero-order valence-corrected chi connectivity index (χ0v) is 16.6. The first-order chi connectivity index (χ1) is 14.1. The second-order valence-corrected chi connectivity index (χ2v) is 7.75. The van der Waals surface area contributed by atoms with E-state index in [0.717, 1.165) is 63.7 Å². The van der Waals surface area contributed by atoms with Crippen molar-refractivity contribution in [2.45, 2.75) is 32.3 Å². The third-order valence-electron chi connectivity index (χ3n) is 5.51. The first-order valence-electron chi connectivity index (χ1n) is 10.1. The normalized spacial score (nSPS) is 20.2. The summed E-state index contributed by atoms with van der Waals surface area (Å²) in [5.74, 6) is 1.92. The number of piperidine rings is 1. The molecule has 0 aliphatic carbocycles. The Morgan fingerprint density at radius 3 is 2.79 bits per heavy atom. The summed E-state index contributed by atoms with van der Waals surface area (Å²) < 4.78 is 11.5. The fourth-order valence-corrected chi connectivity index (χ4v) is 3.84. The predicted octanol–water partition coefficient (Wildman–Crippen LogP) is 3.38. The van der Waals surface area contributed by atoms with Crippen molar-refractivity contribution in [1.29, 1.82) is 0 Å². The van der Waals surface area contributed by atoms with E-state index in [2.05, 4.69) is 9.88 Å². The highest BCUT2D eigenvalue weighted by atomic mass is 16.6. The number of rotatable bonds is 6. The lowest BCUT2D eigenvalue weighted by atomic mass is 10.1. The quantitative estimate of drug-likeness (QED) is 0.544. The van der Waals surface area contributed by atoms with E-state index in [9.17, 15) is 10.1 Å². The van der Waals surface area contributed by atoms with Gasteiger partial charge >= 0.3 is 0 Å². The van der Waals surface area contributed by atoms with Gasteiger partial charge in [0.1, 0.15) is 5.82 Å². The Kier molecular flexibility index (Phi) is 6.01. The van der Waals surface area contributed by atoms with Crippen LogP contribution in [0.1, 0.15) is 25.0 Å². The van der Waals surface area contributed by atoms with Crippen LogP contribution in [0, 0.1) is 23.0 Å². The smallest absolute Gasteiger partial charge is 0.270 e. The molecule has 2 aliphatic rings. The van der Waals surface area contributed by atoms with Crippen molar-refractivity contribution >= 4 is 11.5 Å². The van der Waals surface area contributed by atoms with Crippen LogP contribution in [0.4, 0.5) is 11.5 Å². The Bertz CT molecular complexity index is 862. The summed E-state index contributed by atoms with van der Waals surface area (Å²) in [6.07, 6.45) is 3.30. The van der Waals surface area contributed by atoms with Gasteiger partial charge in [0.25, 0.3) is 5.69 Å². The lowest BCUT2D eigenvalue weighted by Gasteiger charge is -2.33. The van der Waals surface area contributed by atoms with Gasteiger partial charge in [0.15, 0.2) is 5.82 Å². The van der Waals surface area contributed by atoms with E-state index in [1.165, 1.54) is 12.1 Å². The molecule has 1 aromatic heterocycles. The van der Waals surface area contributed by atoms with E-state index < -0.39 is 4.92 Å². The number of hydrogen-bond donors (Lipinski definition) is 0. The van der Waals surface area contributed by atoms with Gasteiger partial charge in [-0.2, -0.15) is 0 Å². The molecule has 154 valence electrons. The van der Waals surface area contributed by atoms with E-state index in [-0.39, 0.29) is 11.8 Å². The highest BCUT2D eigenvalue weighted by Crippen LogP contribution is 2.26. The number of aromatic nitrogens is 2. The number of ether oxygens (including phenoxy) is 2. The van der Waals surface area contributed by atoms with Crippen LogP contribution in [0.2, 0.25) is 0 Å². The molecule has 0 N–H and O–H groups in total. The van der Waals surface area contributed by atoms with Crippen LogP contribution in [-0.4, -0.2) is 53.9 Å². The Morgan fingerprint density at radius 1 is 1.24 bits per heavy atom. The Morgan fingerprint density at radius 2 is 2.07 bits per heavy atom. The van der Waals surface area contributed by atoms with Gasteiger partial charge in [-0.3, -0.25) is 10.1 Å². The third kappa shape index (κ3) is 4.89. The summed E-state index contributed by atoms with van der Waals surface area (Å²) >= 11 is 0. The molecule has 1 atom stereocenters. The molecular weight excluding hydrogens is 372 g/mol. The van der Waals surface area contributed by atoms with Gasteiger partial charge < -0.3 is 14.4 Å². The minimum atomic E-state index is -0.400. The average molecular weight is 398 g/mol. The number of anilines is 1. The monoisotopic (exact) mass is 398 g/mol. The summed E-state index contributed by atoms with van der Waals surface area (Å²) in [5.41, 5.74) is 1.54. The standard InChI is InChI=1S/C21H26N4O4/c1-15-11-20(23-21(22-15)17-3-2-4-18(12-17)25(26)27)24-8-5-19(6-9-24)29-14-16-7-10-28-13-16/h2-4,11-12,16,19H,5-10,13-14H2,1H3. The molecule has 4 rings (SSSR count). The third-order valence-corrected chi connectivity index (χ3v) is 5.51. The van der Waals surface area contributed by atoms with E-state index in [1.807, 2.05) is 13.0 Å². The molecule has 0 radical (unpaired) electrons. The van der Waals surface area contributed by atoms with Crippen molar-refractivity contribution in [2.75, 3.05) is 37.8 Å². The second-order valence-electron chi connectivity index (χ2n) is 7.75. The predicted molar refractivity (Wildman–Crippen MR) is 109 cm³/mol. The van der Waals surface area contributed by atoms with Crippen LogP contribution in [-0.2, 0) is 9.47 Å². The maximum Gasteiger partial charge on any atom is 0.270 e. The molecule has 2 fully saturated rings. The van der Waals surface area contributed by atoms with Crippen molar-refractivity contribution in [1.82, 2.24) is 9.97 Å². The van der Waals surface area contributed by atoms with Gasteiger partial charge in [0.2, 0.25) is 0 Å². The molecule has 8 nitrogen and oxygen atoms in total. The topological polar surface area (TPSA) is 90.6 Å². The summed E-state index contributed by atoms with van der Waals surface area (Å²) in [7, 11) is 0. The summed E-state index contributed by atoms with van der Waals surface area (Å²) in [6.45, 7) is 6.12. The lowest BCUT2D eigenvalue weighted by Crippen LogP contribution is -2.38. The zero-order chi connectivity index (χ0) is 20.2. The first-order valence-corrected chi connectivity index (χ1v) is 10.1. The molecule has 8 heteroatoms. The van der Waals surface area contributed by atoms with E-state index in [0.29, 0.717) is 17.3 Å². The van der Waals surface area contributed by atoms with Crippen LogP contribution in [0.25, 0.3) is 11.4 Å². The molecular formula is C21H26N4O4. The molecule has 1 aromatic carbocycles. The van der Waals surface area contributed by atoms with Gasteiger partial charge in [0, 0.05) is 55.1 Å². The maximum absolute atomic E-state index is 11.1. The fourth-order valence-electron chi connectivity index (χ4n) is 3.84. The van der Waals surface area contributed by atoms with Gasteiger partial charge in [-0.15, -0.1) is 0 Å². The van der Waals surface area contributed by atoms with Crippen molar-refractivity contribution < 1.29 is 14.4 Å². The Balaban J connectivity index is 1.42. The summed E-state index contributed by atoms with van der Waals surface area (Å²) in [6, 6.07) is 8.43. The van der Waals surface area contributed by atoms with Crippen LogP contribution in [0.5, 0.6) is 0 Å². The first kappa shape index (κ1) is 19.7. The molecule has 2 aromatic rings. The molecule has 2 aliphatic heterocycles. The minimum Gasteiger partial charge on any atom is -0.381 e. The van der Waals surface area contributed by atoms with E-state index >= 15 is 0 Å². The maximum atomic E-state index is 11.1. The van der Waals surface area contributed by atoms with Crippen molar-refractivity contribution in [3.05, 3.63) is 46.1 Å². The van der Waals surface area contributed by atoms with Crippen LogP contribution >= 0.6 is 0 Å². The van der Waals surface area contributed by atoms with Crippen molar-refractivity contribution in [3.63, 3.8) is 0 Å². The molecule has 0 bridgehead atoms. The highest BCUT2D eigenvalue weighted by Gasteiger charge is 2.24. The van der Waals surface area contributed by atoms with Gasteiger partial charge in [-0.1, -0.05) is 12.1 Å². The molecule has 0 amide bonds. The van der Waals surface area contributed by atoms with Crippen molar-refractivity contribution in [3.8, 4) is 11.4 Å². The number of benzene rings is 1. The zero-order valence-electron chi connectivity index (χ0n) is 16.6. The summed E-state index contributed by atoms with van der Waals surface area (Å²) in [5, 5.41) is 11.1. The Hall–Kier alpha value is -2.58. The van der Waals surface area contributed by atoms with E-state index in [4.69, 9.17) is 14.5 Å². The number of non-ortho nitro benzene ring substituents is 1. The van der Waals surface area contributed by atoms with Crippen molar-refractivity contribution in [2.24, 2.45) is 5.92 Å². The van der Waals surface area contributed by atoms with Crippen LogP contribution < -0.4 is 4.90 Å². The molecule has 0 saturated carbocycles. The molecule has 3 heterocycles. The fraction of sp³-hybridized carbons (Fsp3) is 0.524. The van der Waals surface area contributed by atoms with Gasteiger partial charge in [0.05, 0.1) is 24.2 Å². The van der Waals surface area contributed by atoms with Crippen LogP contribution in [0.15, 0.2) is 30.3 Å². The number of aryl methyl sites for hydroxylation is 1. The van der Waals surface area contributed by atoms with Gasteiger partial charge in [-0.25, -0.2) is 9.97 Å². The van der Waals surface area contributed by atoms with E-state index in [1.54, 1.807) is 12.1 Å². The molecule has 2 saturated heterocycles. The Labute approximate surface area is 170 Å². The number of nitrogens with zero attached hydrogens (tertiary/aromatic N) is 4. The second kappa shape index (κ2) is 8.84. The minimum absolute atomic E-state index is 0.0415. The molecule has 1 unspecified atom stereocenters. The van der Waals surface area contributed by atoms with Gasteiger partial charge in [-0.05, 0) is 26.2 Å². The largest absolute Gasteiger partial charge is 0.381 e.